The third-order valence-corrected chi connectivity index (χ3v) is 4.30. The van der Waals surface area contributed by atoms with Crippen molar-refractivity contribution in [3.63, 3.8) is 0 Å². The summed E-state index contributed by atoms with van der Waals surface area (Å²) in [4.78, 5) is 10.7. The zero-order valence-electron chi connectivity index (χ0n) is 9.84. The minimum absolute atomic E-state index is 0.0665. The fraction of sp³-hybridized carbons (Fsp3) is 0.417. The molecule has 0 spiro atoms. The van der Waals surface area contributed by atoms with Crippen LogP contribution in [0.25, 0.3) is 0 Å². The first kappa shape index (κ1) is 15.6. The van der Waals surface area contributed by atoms with Crippen LogP contribution in [0.2, 0.25) is 0 Å². The van der Waals surface area contributed by atoms with Gasteiger partial charge < -0.3 is 0 Å². The Morgan fingerprint density at radius 3 is 2.50 bits per heavy atom. The Balaban J connectivity index is 3.20. The van der Waals surface area contributed by atoms with Gasteiger partial charge in [0.15, 0.2) is 0 Å². The van der Waals surface area contributed by atoms with Gasteiger partial charge in [-0.25, -0.2) is 0 Å². The summed E-state index contributed by atoms with van der Waals surface area (Å²) in [5, 5.41) is 0. The summed E-state index contributed by atoms with van der Waals surface area (Å²) < 4.78 is 37.3. The van der Waals surface area contributed by atoms with E-state index in [2.05, 4.69) is 15.9 Å². The number of carbonyl (C=O) groups excluding carboxylic acids is 1. The second-order valence-corrected chi connectivity index (χ2v) is 5.77. The first-order valence-corrected chi connectivity index (χ1v) is 7.01. The Morgan fingerprint density at radius 2 is 2.06 bits per heavy atom. The van der Waals surface area contributed by atoms with E-state index in [1.165, 1.54) is 13.0 Å². The van der Waals surface area contributed by atoms with Crippen molar-refractivity contribution in [2.75, 3.05) is 0 Å². The summed E-state index contributed by atoms with van der Waals surface area (Å²) in [6.07, 6.45) is 0.710. The summed E-state index contributed by atoms with van der Waals surface area (Å²) in [6, 6.07) is 4.72. The molecule has 0 saturated carbocycles. The normalized spacial score (nSPS) is 13.4. The zero-order valence-corrected chi connectivity index (χ0v) is 12.2. The number of hydrogen-bond donors (Lipinski definition) is 0. The molecule has 0 N–H and O–H groups in total. The molecular formula is C12H12BrF3OS. The quantitative estimate of drug-likeness (QED) is 0.573. The van der Waals surface area contributed by atoms with E-state index in [-0.39, 0.29) is 22.4 Å². The van der Waals surface area contributed by atoms with Gasteiger partial charge in [-0.2, -0.15) is 13.2 Å². The molecule has 0 aliphatic rings. The highest BCUT2D eigenvalue weighted by Crippen LogP contribution is 2.42. The number of Topliss-reactive ketones (excluding diaryl/α,β-unsaturated/α-hetero) is 1. The van der Waals surface area contributed by atoms with E-state index < -0.39 is 10.3 Å². The fourth-order valence-electron chi connectivity index (χ4n) is 1.45. The number of benzene rings is 1. The highest BCUT2D eigenvalue weighted by Gasteiger charge is 2.31. The van der Waals surface area contributed by atoms with Gasteiger partial charge in [0.2, 0.25) is 0 Å². The number of thioether (sulfide) groups is 1. The minimum atomic E-state index is -4.36. The molecule has 100 valence electrons. The van der Waals surface area contributed by atoms with Crippen LogP contribution in [-0.4, -0.2) is 11.3 Å². The van der Waals surface area contributed by atoms with E-state index in [0.717, 1.165) is 5.56 Å². The SMILES string of the molecule is CCc1ccc(SC(F)(F)F)c(C(Br)C(C)=O)c1. The molecule has 0 aliphatic heterocycles. The molecule has 1 unspecified atom stereocenters. The lowest BCUT2D eigenvalue weighted by Crippen LogP contribution is -2.06. The van der Waals surface area contributed by atoms with Gasteiger partial charge in [0.25, 0.3) is 0 Å². The highest BCUT2D eigenvalue weighted by atomic mass is 79.9. The lowest BCUT2D eigenvalue weighted by molar-refractivity contribution is -0.116. The standard InChI is InChI=1S/C12H12BrF3OS/c1-3-8-4-5-10(18-12(14,15)16)9(6-8)11(13)7(2)17/h4-6,11H,3H2,1-2H3. The third-order valence-electron chi connectivity index (χ3n) is 2.34. The molecule has 0 radical (unpaired) electrons. The van der Waals surface area contributed by atoms with Crippen molar-refractivity contribution in [1.29, 1.82) is 0 Å². The summed E-state index contributed by atoms with van der Waals surface area (Å²) >= 11 is 2.95. The maximum atomic E-state index is 12.4. The first-order chi connectivity index (χ1) is 8.24. The molecule has 1 aromatic carbocycles. The number of alkyl halides is 4. The van der Waals surface area contributed by atoms with Gasteiger partial charge in [-0.3, -0.25) is 4.79 Å². The Hall–Kier alpha value is -0.490. The van der Waals surface area contributed by atoms with E-state index in [1.807, 2.05) is 6.92 Å². The Kier molecular flexibility index (Phi) is 5.28. The van der Waals surface area contributed by atoms with Crippen molar-refractivity contribution in [3.05, 3.63) is 29.3 Å². The van der Waals surface area contributed by atoms with Gasteiger partial charge in [-0.05, 0) is 42.3 Å². The molecule has 0 heterocycles. The molecule has 0 aromatic heterocycles. The average Bonchev–Trinajstić information content (AvgIpc) is 2.26. The van der Waals surface area contributed by atoms with Gasteiger partial charge in [0.1, 0.15) is 5.78 Å². The van der Waals surface area contributed by atoms with Crippen molar-refractivity contribution >= 4 is 33.5 Å². The molecule has 6 heteroatoms. The molecule has 0 amide bonds. The summed E-state index contributed by atoms with van der Waals surface area (Å²) in [7, 11) is 0. The molecule has 1 nitrogen and oxygen atoms in total. The lowest BCUT2D eigenvalue weighted by Gasteiger charge is -2.15. The Labute approximate surface area is 116 Å². The van der Waals surface area contributed by atoms with Crippen LogP contribution in [0.15, 0.2) is 23.1 Å². The molecular weight excluding hydrogens is 329 g/mol. The largest absolute Gasteiger partial charge is 0.446 e. The van der Waals surface area contributed by atoms with Gasteiger partial charge >= 0.3 is 5.51 Å². The van der Waals surface area contributed by atoms with Crippen LogP contribution in [0, 0.1) is 0 Å². The van der Waals surface area contributed by atoms with Crippen molar-refractivity contribution in [2.24, 2.45) is 0 Å². The summed E-state index contributed by atoms with van der Waals surface area (Å²) in [5.41, 5.74) is -3.07. The van der Waals surface area contributed by atoms with E-state index in [1.54, 1.807) is 12.1 Å². The van der Waals surface area contributed by atoms with Crippen molar-refractivity contribution in [3.8, 4) is 0 Å². The van der Waals surface area contributed by atoms with Crippen LogP contribution in [0.5, 0.6) is 0 Å². The predicted molar refractivity (Wildman–Crippen MR) is 70.1 cm³/mol. The van der Waals surface area contributed by atoms with E-state index in [4.69, 9.17) is 0 Å². The van der Waals surface area contributed by atoms with Crippen LogP contribution >= 0.6 is 27.7 Å². The molecule has 0 fully saturated rings. The number of aryl methyl sites for hydroxylation is 1. The van der Waals surface area contributed by atoms with Gasteiger partial charge in [-0.15, -0.1) is 0 Å². The van der Waals surface area contributed by atoms with Crippen molar-refractivity contribution in [2.45, 2.75) is 35.5 Å². The summed E-state index contributed by atoms with van der Waals surface area (Å²) in [5.74, 6) is -0.215. The molecule has 0 aliphatic carbocycles. The number of rotatable bonds is 4. The number of hydrogen-bond acceptors (Lipinski definition) is 2. The topological polar surface area (TPSA) is 17.1 Å². The maximum absolute atomic E-state index is 12.4. The van der Waals surface area contributed by atoms with Crippen molar-refractivity contribution in [1.82, 2.24) is 0 Å². The van der Waals surface area contributed by atoms with E-state index in [0.29, 0.717) is 12.0 Å². The third kappa shape index (κ3) is 4.31. The minimum Gasteiger partial charge on any atom is -0.298 e. The smallest absolute Gasteiger partial charge is 0.298 e. The fourth-order valence-corrected chi connectivity index (χ4v) is 2.66. The Morgan fingerprint density at radius 1 is 1.44 bits per heavy atom. The van der Waals surface area contributed by atoms with Crippen LogP contribution in [0.3, 0.4) is 0 Å². The van der Waals surface area contributed by atoms with Gasteiger partial charge in [0.05, 0.1) is 4.83 Å². The number of carbonyl (C=O) groups is 1. The average molecular weight is 341 g/mol. The monoisotopic (exact) mass is 340 g/mol. The molecule has 1 atom stereocenters. The van der Waals surface area contributed by atoms with Crippen LogP contribution in [-0.2, 0) is 11.2 Å². The lowest BCUT2D eigenvalue weighted by atomic mass is 10.0. The van der Waals surface area contributed by atoms with Gasteiger partial charge in [0, 0.05) is 4.90 Å². The van der Waals surface area contributed by atoms with Crippen LogP contribution in [0.1, 0.15) is 29.8 Å². The predicted octanol–water partition coefficient (Wildman–Crippen LogP) is 4.89. The molecule has 1 rings (SSSR count). The van der Waals surface area contributed by atoms with Crippen LogP contribution < -0.4 is 0 Å². The second kappa shape index (κ2) is 6.10. The molecule has 0 saturated heterocycles. The van der Waals surface area contributed by atoms with Gasteiger partial charge in [-0.1, -0.05) is 35.0 Å². The Bertz CT molecular complexity index is 445. The van der Waals surface area contributed by atoms with Crippen molar-refractivity contribution < 1.29 is 18.0 Å². The highest BCUT2D eigenvalue weighted by molar-refractivity contribution is 9.09. The first-order valence-electron chi connectivity index (χ1n) is 5.27. The number of ketones is 1. The zero-order chi connectivity index (χ0) is 13.9. The molecule has 18 heavy (non-hydrogen) atoms. The molecule has 0 bridgehead atoms. The second-order valence-electron chi connectivity index (χ2n) is 3.75. The summed E-state index contributed by atoms with van der Waals surface area (Å²) in [6.45, 7) is 3.26. The maximum Gasteiger partial charge on any atom is 0.446 e. The van der Waals surface area contributed by atoms with Crippen LogP contribution in [0.4, 0.5) is 13.2 Å². The molecule has 1 aromatic rings. The number of halogens is 4. The van der Waals surface area contributed by atoms with E-state index in [9.17, 15) is 18.0 Å². The van der Waals surface area contributed by atoms with E-state index >= 15 is 0 Å².